The van der Waals surface area contributed by atoms with Crippen LogP contribution in [0, 0.1) is 5.92 Å². The van der Waals surface area contributed by atoms with E-state index in [9.17, 15) is 4.79 Å². The molecule has 1 rings (SSSR count). The average Bonchev–Trinajstić information content (AvgIpc) is 2.56. The molecule has 90 valence electrons. The van der Waals surface area contributed by atoms with Gasteiger partial charge in [0, 0.05) is 18.7 Å². The van der Waals surface area contributed by atoms with Crippen molar-refractivity contribution in [1.29, 1.82) is 0 Å². The molecular weight excluding hydrogens is 204 g/mol. The van der Waals surface area contributed by atoms with Crippen LogP contribution >= 0.6 is 0 Å². The molecule has 4 nitrogen and oxygen atoms in total. The van der Waals surface area contributed by atoms with Gasteiger partial charge in [-0.25, -0.2) is 0 Å². The van der Waals surface area contributed by atoms with E-state index in [1.54, 1.807) is 0 Å². The Morgan fingerprint density at radius 2 is 2.25 bits per heavy atom. The average molecular weight is 224 g/mol. The van der Waals surface area contributed by atoms with E-state index in [0.717, 1.165) is 18.7 Å². The molecule has 16 heavy (non-hydrogen) atoms. The van der Waals surface area contributed by atoms with Gasteiger partial charge in [-0.15, -0.1) is 0 Å². The van der Waals surface area contributed by atoms with Crippen LogP contribution in [0.1, 0.15) is 38.6 Å². The van der Waals surface area contributed by atoms with Gasteiger partial charge in [0.25, 0.3) is 0 Å². The van der Waals surface area contributed by atoms with E-state index in [2.05, 4.69) is 25.9 Å². The minimum absolute atomic E-state index is 0.155. The fraction of sp³-hybridized carbons (Fsp3) is 0.667. The number of carboxylic acids is 1. The number of rotatable bonds is 6. The van der Waals surface area contributed by atoms with E-state index in [4.69, 9.17) is 5.11 Å². The van der Waals surface area contributed by atoms with E-state index in [1.165, 1.54) is 5.69 Å². The number of aromatic nitrogens is 2. The summed E-state index contributed by atoms with van der Waals surface area (Å²) in [4.78, 5) is 10.5. The first-order valence-corrected chi connectivity index (χ1v) is 5.80. The van der Waals surface area contributed by atoms with Crippen LogP contribution in [-0.2, 0) is 24.2 Å². The third-order valence-corrected chi connectivity index (χ3v) is 2.43. The SMILES string of the molecule is CCn1nc(CCC(=O)O)cc1CC(C)C. The second kappa shape index (κ2) is 5.68. The molecule has 1 N–H and O–H groups in total. The van der Waals surface area contributed by atoms with E-state index < -0.39 is 5.97 Å². The number of hydrogen-bond donors (Lipinski definition) is 1. The van der Waals surface area contributed by atoms with Crippen molar-refractivity contribution in [2.75, 3.05) is 0 Å². The fourth-order valence-electron chi connectivity index (χ4n) is 1.73. The van der Waals surface area contributed by atoms with Crippen LogP contribution in [0.3, 0.4) is 0 Å². The summed E-state index contributed by atoms with van der Waals surface area (Å²) in [6, 6.07) is 2.03. The monoisotopic (exact) mass is 224 g/mol. The van der Waals surface area contributed by atoms with Crippen LogP contribution in [-0.4, -0.2) is 20.9 Å². The molecule has 0 saturated carbocycles. The van der Waals surface area contributed by atoms with Crippen LogP contribution in [0.2, 0.25) is 0 Å². The highest BCUT2D eigenvalue weighted by Crippen LogP contribution is 2.12. The highest BCUT2D eigenvalue weighted by molar-refractivity contribution is 5.66. The summed E-state index contributed by atoms with van der Waals surface area (Å²) in [6.07, 6.45) is 1.67. The maximum atomic E-state index is 10.5. The standard InChI is InChI=1S/C12H20N2O2/c1-4-14-11(7-9(2)3)8-10(13-14)5-6-12(15)16/h8-9H,4-7H2,1-3H3,(H,15,16). The fourth-order valence-corrected chi connectivity index (χ4v) is 1.73. The summed E-state index contributed by atoms with van der Waals surface area (Å²) < 4.78 is 1.97. The molecule has 0 fully saturated rings. The molecule has 0 aliphatic carbocycles. The lowest BCUT2D eigenvalue weighted by Crippen LogP contribution is -2.05. The maximum absolute atomic E-state index is 10.5. The van der Waals surface area contributed by atoms with E-state index in [1.807, 2.05) is 10.7 Å². The van der Waals surface area contributed by atoms with Gasteiger partial charge >= 0.3 is 5.97 Å². The van der Waals surface area contributed by atoms with Gasteiger partial charge in [0.2, 0.25) is 0 Å². The Morgan fingerprint density at radius 3 is 2.75 bits per heavy atom. The van der Waals surface area contributed by atoms with Gasteiger partial charge in [0.15, 0.2) is 0 Å². The first kappa shape index (κ1) is 12.7. The molecule has 0 aliphatic heterocycles. The van der Waals surface area contributed by atoms with Crippen molar-refractivity contribution >= 4 is 5.97 Å². The number of aryl methyl sites for hydroxylation is 2. The summed E-state index contributed by atoms with van der Waals surface area (Å²) in [6.45, 7) is 7.24. The van der Waals surface area contributed by atoms with Gasteiger partial charge in [-0.1, -0.05) is 13.8 Å². The lowest BCUT2D eigenvalue weighted by molar-refractivity contribution is -0.136. The van der Waals surface area contributed by atoms with Crippen LogP contribution in [0.4, 0.5) is 0 Å². The van der Waals surface area contributed by atoms with Gasteiger partial charge in [0.05, 0.1) is 12.1 Å². The molecule has 4 heteroatoms. The van der Waals surface area contributed by atoms with Crippen LogP contribution < -0.4 is 0 Å². The molecule has 1 aromatic rings. The summed E-state index contributed by atoms with van der Waals surface area (Å²) in [5, 5.41) is 13.0. The Bertz CT molecular complexity index is 356. The summed E-state index contributed by atoms with van der Waals surface area (Å²) in [7, 11) is 0. The molecule has 1 heterocycles. The largest absolute Gasteiger partial charge is 0.481 e. The first-order valence-electron chi connectivity index (χ1n) is 5.80. The molecule has 0 unspecified atom stereocenters. The number of carboxylic acid groups (broad SMARTS) is 1. The van der Waals surface area contributed by atoms with Gasteiger partial charge in [-0.3, -0.25) is 9.48 Å². The van der Waals surface area contributed by atoms with Crippen molar-refractivity contribution in [3.8, 4) is 0 Å². The highest BCUT2D eigenvalue weighted by atomic mass is 16.4. The first-order chi connectivity index (χ1) is 7.52. The predicted octanol–water partition coefficient (Wildman–Crippen LogP) is 2.12. The Morgan fingerprint density at radius 1 is 1.56 bits per heavy atom. The van der Waals surface area contributed by atoms with Gasteiger partial charge < -0.3 is 5.11 Å². The molecule has 0 saturated heterocycles. The minimum Gasteiger partial charge on any atom is -0.481 e. The maximum Gasteiger partial charge on any atom is 0.303 e. The molecule has 0 radical (unpaired) electrons. The van der Waals surface area contributed by atoms with Crippen molar-refractivity contribution < 1.29 is 9.90 Å². The van der Waals surface area contributed by atoms with E-state index in [0.29, 0.717) is 12.3 Å². The lowest BCUT2D eigenvalue weighted by atomic mass is 10.1. The third kappa shape index (κ3) is 3.68. The summed E-state index contributed by atoms with van der Waals surface area (Å²) >= 11 is 0. The van der Waals surface area contributed by atoms with E-state index >= 15 is 0 Å². The van der Waals surface area contributed by atoms with Gasteiger partial charge in [-0.05, 0) is 25.3 Å². The quantitative estimate of drug-likeness (QED) is 0.805. The Balaban J connectivity index is 2.72. The molecule has 0 atom stereocenters. The Hall–Kier alpha value is -1.32. The topological polar surface area (TPSA) is 55.1 Å². The van der Waals surface area contributed by atoms with Crippen molar-refractivity contribution in [3.63, 3.8) is 0 Å². The molecule has 1 aromatic heterocycles. The molecule has 0 bridgehead atoms. The predicted molar refractivity (Wildman–Crippen MR) is 62.4 cm³/mol. The molecular formula is C12H20N2O2. The molecule has 0 aromatic carbocycles. The zero-order valence-electron chi connectivity index (χ0n) is 10.2. The second-order valence-corrected chi connectivity index (χ2v) is 4.43. The normalized spacial score (nSPS) is 11.0. The molecule has 0 spiro atoms. The van der Waals surface area contributed by atoms with Crippen LogP contribution in [0.5, 0.6) is 0 Å². The third-order valence-electron chi connectivity index (χ3n) is 2.43. The van der Waals surface area contributed by atoms with Crippen LogP contribution in [0.15, 0.2) is 6.07 Å². The van der Waals surface area contributed by atoms with E-state index in [-0.39, 0.29) is 6.42 Å². The zero-order chi connectivity index (χ0) is 12.1. The number of aliphatic carboxylic acids is 1. The number of nitrogens with zero attached hydrogens (tertiary/aromatic N) is 2. The van der Waals surface area contributed by atoms with Crippen molar-refractivity contribution in [1.82, 2.24) is 9.78 Å². The van der Waals surface area contributed by atoms with Gasteiger partial charge in [0.1, 0.15) is 0 Å². The van der Waals surface area contributed by atoms with Crippen LogP contribution in [0.25, 0.3) is 0 Å². The van der Waals surface area contributed by atoms with Crippen molar-refractivity contribution in [3.05, 3.63) is 17.5 Å². The second-order valence-electron chi connectivity index (χ2n) is 4.43. The Kier molecular flexibility index (Phi) is 4.52. The summed E-state index contributed by atoms with van der Waals surface area (Å²) in [5.41, 5.74) is 2.10. The molecule has 0 amide bonds. The Labute approximate surface area is 96.3 Å². The lowest BCUT2D eigenvalue weighted by Gasteiger charge is -2.06. The highest BCUT2D eigenvalue weighted by Gasteiger charge is 2.09. The minimum atomic E-state index is -0.767. The zero-order valence-corrected chi connectivity index (χ0v) is 10.2. The smallest absolute Gasteiger partial charge is 0.303 e. The van der Waals surface area contributed by atoms with Gasteiger partial charge in [-0.2, -0.15) is 5.10 Å². The number of hydrogen-bond acceptors (Lipinski definition) is 2. The van der Waals surface area contributed by atoms with Crippen molar-refractivity contribution in [2.24, 2.45) is 5.92 Å². The number of carbonyl (C=O) groups is 1. The van der Waals surface area contributed by atoms with Crippen molar-refractivity contribution in [2.45, 2.75) is 46.6 Å². The molecule has 0 aliphatic rings. The summed E-state index contributed by atoms with van der Waals surface area (Å²) in [5.74, 6) is -0.175.